The van der Waals surface area contributed by atoms with Crippen LogP contribution in [0.1, 0.15) is 0 Å². The van der Waals surface area contributed by atoms with Gasteiger partial charge in [-0.1, -0.05) is 0 Å². The summed E-state index contributed by atoms with van der Waals surface area (Å²) >= 11 is 0. The molecule has 2 heterocycles. The van der Waals surface area contributed by atoms with Crippen LogP contribution in [0.25, 0.3) is 22.4 Å². The van der Waals surface area contributed by atoms with Gasteiger partial charge in [0.15, 0.2) is 5.76 Å². The van der Waals surface area contributed by atoms with Gasteiger partial charge in [-0.2, -0.15) is 5.10 Å². The molecule has 1 aromatic carbocycles. The number of nitrogens with one attached hydrogen (secondary N) is 1. The van der Waals surface area contributed by atoms with Crippen molar-refractivity contribution in [1.29, 1.82) is 0 Å². The van der Waals surface area contributed by atoms with Crippen molar-refractivity contribution in [2.45, 2.75) is 0 Å². The average Bonchev–Trinajstić information content (AvgIpc) is 2.83. The van der Waals surface area contributed by atoms with E-state index in [4.69, 9.17) is 10.2 Å². The molecule has 0 aliphatic rings. The van der Waals surface area contributed by atoms with Crippen molar-refractivity contribution < 1.29 is 8.81 Å². The van der Waals surface area contributed by atoms with Crippen LogP contribution in [0.3, 0.4) is 0 Å². The molecule has 0 saturated heterocycles. The highest BCUT2D eigenvalue weighted by Crippen LogP contribution is 2.27. The summed E-state index contributed by atoms with van der Waals surface area (Å²) in [6.45, 7) is 0. The maximum atomic E-state index is 13.0. The molecule has 3 rings (SSSR count). The first kappa shape index (κ1) is 8.96. The van der Waals surface area contributed by atoms with Gasteiger partial charge in [0.25, 0.3) is 0 Å². The number of furan rings is 1. The van der Waals surface area contributed by atoms with Gasteiger partial charge in [0.2, 0.25) is 0 Å². The number of nitrogens with zero attached hydrogens (tertiary/aromatic N) is 1. The highest BCUT2D eigenvalue weighted by atomic mass is 19.1. The smallest absolute Gasteiger partial charge is 0.153 e. The normalized spacial score (nSPS) is 11.1. The first-order chi connectivity index (χ1) is 7.72. The first-order valence-electron chi connectivity index (χ1n) is 4.73. The minimum absolute atomic E-state index is 0.322. The Hall–Kier alpha value is -2.30. The molecular formula is C11H8FN3O. The number of rotatable bonds is 1. The molecule has 16 heavy (non-hydrogen) atoms. The van der Waals surface area contributed by atoms with Crippen LogP contribution in [-0.2, 0) is 0 Å². The molecular weight excluding hydrogens is 209 g/mol. The molecule has 0 aliphatic heterocycles. The van der Waals surface area contributed by atoms with E-state index in [2.05, 4.69) is 10.2 Å². The summed E-state index contributed by atoms with van der Waals surface area (Å²) in [5.41, 5.74) is 6.67. The van der Waals surface area contributed by atoms with Gasteiger partial charge in [0, 0.05) is 17.5 Å². The molecule has 0 radical (unpaired) electrons. The van der Waals surface area contributed by atoms with Gasteiger partial charge in [-0.3, -0.25) is 5.10 Å². The summed E-state index contributed by atoms with van der Waals surface area (Å²) in [6, 6.07) is 7.87. The van der Waals surface area contributed by atoms with Crippen LogP contribution >= 0.6 is 0 Å². The molecule has 0 saturated carbocycles. The van der Waals surface area contributed by atoms with E-state index >= 15 is 0 Å². The van der Waals surface area contributed by atoms with Crippen molar-refractivity contribution in [3.8, 4) is 11.5 Å². The second-order valence-electron chi connectivity index (χ2n) is 3.50. The van der Waals surface area contributed by atoms with Crippen molar-refractivity contribution in [3.05, 3.63) is 36.1 Å². The number of aromatic amines is 1. The van der Waals surface area contributed by atoms with Crippen LogP contribution in [0.5, 0.6) is 0 Å². The minimum atomic E-state index is -0.322. The van der Waals surface area contributed by atoms with Crippen LogP contribution in [0.4, 0.5) is 10.2 Å². The fraction of sp³-hybridized carbons (Fsp3) is 0. The lowest BCUT2D eigenvalue weighted by molar-refractivity contribution is 0.606. The Morgan fingerprint density at radius 1 is 1.25 bits per heavy atom. The third-order valence-electron chi connectivity index (χ3n) is 2.35. The van der Waals surface area contributed by atoms with E-state index in [1.54, 1.807) is 12.1 Å². The molecule has 0 aliphatic carbocycles. The van der Waals surface area contributed by atoms with Crippen LogP contribution in [-0.4, -0.2) is 10.2 Å². The molecule has 3 N–H and O–H groups in total. The van der Waals surface area contributed by atoms with Crippen LogP contribution < -0.4 is 5.73 Å². The number of halogens is 1. The van der Waals surface area contributed by atoms with Crippen molar-refractivity contribution in [2.24, 2.45) is 0 Å². The predicted molar refractivity (Wildman–Crippen MR) is 58.2 cm³/mol. The molecule has 80 valence electrons. The Kier molecular flexibility index (Phi) is 1.73. The van der Waals surface area contributed by atoms with E-state index in [0.717, 1.165) is 5.39 Å². The number of aromatic nitrogens is 2. The molecule has 4 nitrogen and oxygen atoms in total. The SMILES string of the molecule is Nc1cc(-c2cc3ccc(F)cc3o2)[nH]n1. The van der Waals surface area contributed by atoms with E-state index in [-0.39, 0.29) is 5.82 Å². The molecule has 2 aromatic heterocycles. The van der Waals surface area contributed by atoms with Gasteiger partial charge in [0.1, 0.15) is 22.9 Å². The zero-order valence-electron chi connectivity index (χ0n) is 8.20. The second kappa shape index (κ2) is 3.10. The summed E-state index contributed by atoms with van der Waals surface area (Å²) in [5.74, 6) is 0.656. The molecule has 5 heteroatoms. The first-order valence-corrected chi connectivity index (χ1v) is 4.73. The number of anilines is 1. The summed E-state index contributed by atoms with van der Waals surface area (Å²) in [4.78, 5) is 0. The van der Waals surface area contributed by atoms with Gasteiger partial charge in [-0.05, 0) is 18.2 Å². The quantitative estimate of drug-likeness (QED) is 0.658. The van der Waals surface area contributed by atoms with Crippen LogP contribution in [0.15, 0.2) is 34.7 Å². The van der Waals surface area contributed by atoms with E-state index < -0.39 is 0 Å². The fourth-order valence-electron chi connectivity index (χ4n) is 1.60. The third kappa shape index (κ3) is 1.33. The average molecular weight is 217 g/mol. The maximum absolute atomic E-state index is 13.0. The molecule has 0 unspecified atom stereocenters. The fourth-order valence-corrected chi connectivity index (χ4v) is 1.60. The number of hydrogen-bond acceptors (Lipinski definition) is 3. The van der Waals surface area contributed by atoms with Gasteiger partial charge in [0.05, 0.1) is 0 Å². The second-order valence-corrected chi connectivity index (χ2v) is 3.50. The van der Waals surface area contributed by atoms with Gasteiger partial charge >= 0.3 is 0 Å². The Bertz CT molecular complexity index is 656. The number of hydrogen-bond donors (Lipinski definition) is 2. The van der Waals surface area contributed by atoms with E-state index in [9.17, 15) is 4.39 Å². The molecule has 0 amide bonds. The topological polar surface area (TPSA) is 67.8 Å². The molecule has 3 aromatic rings. The Morgan fingerprint density at radius 3 is 2.88 bits per heavy atom. The summed E-state index contributed by atoms with van der Waals surface area (Å²) < 4.78 is 18.4. The van der Waals surface area contributed by atoms with E-state index in [0.29, 0.717) is 22.9 Å². The minimum Gasteiger partial charge on any atom is -0.454 e. The van der Waals surface area contributed by atoms with Crippen LogP contribution in [0.2, 0.25) is 0 Å². The highest BCUT2D eigenvalue weighted by Gasteiger charge is 2.08. The number of fused-ring (bicyclic) bond motifs is 1. The predicted octanol–water partition coefficient (Wildman–Crippen LogP) is 2.54. The van der Waals surface area contributed by atoms with Crippen molar-refractivity contribution in [1.82, 2.24) is 10.2 Å². The number of nitrogen functional groups attached to an aromatic ring is 1. The maximum Gasteiger partial charge on any atom is 0.153 e. The Morgan fingerprint density at radius 2 is 2.12 bits per heavy atom. The zero-order chi connectivity index (χ0) is 11.1. The lowest BCUT2D eigenvalue weighted by Crippen LogP contribution is -1.81. The van der Waals surface area contributed by atoms with Gasteiger partial charge < -0.3 is 10.2 Å². The molecule has 0 atom stereocenters. The standard InChI is InChI=1S/C11H8FN3O/c12-7-2-1-6-3-10(16-9(6)4-7)8-5-11(13)15-14-8/h1-5H,(H3,13,14,15). The van der Waals surface area contributed by atoms with Crippen molar-refractivity contribution in [3.63, 3.8) is 0 Å². The van der Waals surface area contributed by atoms with Crippen molar-refractivity contribution >= 4 is 16.8 Å². The highest BCUT2D eigenvalue weighted by molar-refractivity contribution is 5.82. The zero-order valence-corrected chi connectivity index (χ0v) is 8.20. The lowest BCUT2D eigenvalue weighted by atomic mass is 10.2. The van der Waals surface area contributed by atoms with Crippen LogP contribution in [0, 0.1) is 5.82 Å². The largest absolute Gasteiger partial charge is 0.454 e. The van der Waals surface area contributed by atoms with E-state index in [1.165, 1.54) is 12.1 Å². The lowest BCUT2D eigenvalue weighted by Gasteiger charge is -1.88. The number of benzene rings is 1. The van der Waals surface area contributed by atoms with Gasteiger partial charge in [-0.25, -0.2) is 4.39 Å². The van der Waals surface area contributed by atoms with E-state index in [1.807, 2.05) is 6.07 Å². The van der Waals surface area contributed by atoms with Crippen molar-refractivity contribution in [2.75, 3.05) is 5.73 Å². The molecule has 0 fully saturated rings. The summed E-state index contributed by atoms with van der Waals surface area (Å²) in [5, 5.41) is 7.37. The molecule has 0 bridgehead atoms. The summed E-state index contributed by atoms with van der Waals surface area (Å²) in [6.07, 6.45) is 0. The number of nitrogens with two attached hydrogens (primary N) is 1. The Balaban J connectivity index is 2.18. The summed E-state index contributed by atoms with van der Waals surface area (Å²) in [7, 11) is 0. The monoisotopic (exact) mass is 217 g/mol. The Labute approximate surface area is 89.9 Å². The molecule has 0 spiro atoms. The number of H-pyrrole nitrogens is 1. The van der Waals surface area contributed by atoms with Gasteiger partial charge in [-0.15, -0.1) is 0 Å². The third-order valence-corrected chi connectivity index (χ3v) is 2.35.